The Hall–Kier alpha value is -0.820. The van der Waals surface area contributed by atoms with Crippen molar-refractivity contribution in [3.8, 4) is 0 Å². The summed E-state index contributed by atoms with van der Waals surface area (Å²) < 4.78 is 84.7. The molecule has 0 bridgehead atoms. The molecule has 0 aromatic carbocycles. The summed E-state index contributed by atoms with van der Waals surface area (Å²) in [7, 11) is 0. The maximum atomic E-state index is 12.6. The molecule has 0 unspecified atom stereocenters. The number of carbonyl (C=O) groups is 1. The Morgan fingerprint density at radius 2 is 1.44 bits per heavy atom. The van der Waals surface area contributed by atoms with Gasteiger partial charge in [-0.2, -0.15) is 30.7 Å². The molecule has 16 heavy (non-hydrogen) atoms. The molecule has 0 heterocycles. The van der Waals surface area contributed by atoms with E-state index >= 15 is 0 Å². The van der Waals surface area contributed by atoms with Gasteiger partial charge in [0.25, 0.3) is 0 Å². The summed E-state index contributed by atoms with van der Waals surface area (Å²) in [4.78, 5) is 10.6. The van der Waals surface area contributed by atoms with Gasteiger partial charge in [0, 0.05) is 6.42 Å². The average molecular weight is 254 g/mol. The predicted octanol–water partition coefficient (Wildman–Crippen LogP) is 3.58. The number of hydrogen-bond donors (Lipinski definition) is 0. The van der Waals surface area contributed by atoms with E-state index in [1.807, 2.05) is 0 Å². The van der Waals surface area contributed by atoms with Gasteiger partial charge >= 0.3 is 18.0 Å². The van der Waals surface area contributed by atoms with E-state index in [9.17, 15) is 35.5 Å². The average Bonchev–Trinajstić information content (AvgIpc) is 2.11. The topological polar surface area (TPSA) is 17.1 Å². The first-order valence-electron chi connectivity index (χ1n) is 4.34. The fourth-order valence-corrected chi connectivity index (χ4v) is 0.847. The predicted molar refractivity (Wildman–Crippen MR) is 40.5 cm³/mol. The molecule has 0 spiro atoms. The molecule has 0 radical (unpaired) electrons. The van der Waals surface area contributed by atoms with E-state index in [0.717, 1.165) is 0 Å². The number of rotatable bonds is 5. The smallest absolute Gasteiger partial charge is 0.293 e. The van der Waals surface area contributed by atoms with Crippen LogP contribution in [-0.2, 0) is 4.79 Å². The van der Waals surface area contributed by atoms with Crippen molar-refractivity contribution >= 4 is 5.78 Å². The quantitative estimate of drug-likeness (QED) is 0.685. The highest BCUT2D eigenvalue weighted by Gasteiger charge is 2.75. The summed E-state index contributed by atoms with van der Waals surface area (Å²) in [5.74, 6) is -14.4. The monoisotopic (exact) mass is 254 g/mol. The number of halogens is 7. The largest absolute Gasteiger partial charge is 0.460 e. The van der Waals surface area contributed by atoms with Crippen LogP contribution in [0, 0.1) is 0 Å². The summed E-state index contributed by atoms with van der Waals surface area (Å²) in [6.07, 6.45) is -7.38. The maximum Gasteiger partial charge on any atom is 0.460 e. The van der Waals surface area contributed by atoms with E-state index in [0.29, 0.717) is 0 Å². The molecule has 0 rings (SSSR count). The van der Waals surface area contributed by atoms with Crippen molar-refractivity contribution in [2.24, 2.45) is 0 Å². The number of hydrogen-bond acceptors (Lipinski definition) is 1. The van der Waals surface area contributed by atoms with Crippen molar-refractivity contribution in [2.45, 2.75) is 44.2 Å². The lowest BCUT2D eigenvalue weighted by Crippen LogP contribution is -2.56. The van der Waals surface area contributed by atoms with Gasteiger partial charge in [0.1, 0.15) is 0 Å². The first kappa shape index (κ1) is 15.2. The molecule has 0 saturated heterocycles. The SMILES string of the molecule is CCCCC(=O)C(F)(F)C(F)(F)C(F)(F)F. The Kier molecular flexibility index (Phi) is 4.35. The van der Waals surface area contributed by atoms with Crippen molar-refractivity contribution in [1.82, 2.24) is 0 Å². The van der Waals surface area contributed by atoms with Gasteiger partial charge in [-0.1, -0.05) is 13.3 Å². The molecule has 0 aromatic heterocycles. The summed E-state index contributed by atoms with van der Waals surface area (Å²) in [5.41, 5.74) is 0. The molecule has 0 saturated carbocycles. The van der Waals surface area contributed by atoms with Crippen molar-refractivity contribution < 1.29 is 35.5 Å². The van der Waals surface area contributed by atoms with E-state index in [2.05, 4.69) is 0 Å². The summed E-state index contributed by atoms with van der Waals surface area (Å²) in [6, 6.07) is 0. The zero-order chi connectivity index (χ0) is 13.2. The Morgan fingerprint density at radius 1 is 1.00 bits per heavy atom. The van der Waals surface area contributed by atoms with E-state index < -0.39 is 30.2 Å². The van der Waals surface area contributed by atoms with Crippen LogP contribution in [0.4, 0.5) is 30.7 Å². The Bertz CT molecular complexity index is 256. The van der Waals surface area contributed by atoms with E-state index in [1.54, 1.807) is 0 Å². The number of unbranched alkanes of at least 4 members (excludes halogenated alkanes) is 1. The molecule has 8 heteroatoms. The second-order valence-corrected chi connectivity index (χ2v) is 3.17. The number of carbonyl (C=O) groups excluding carboxylic acids is 1. The van der Waals surface area contributed by atoms with Gasteiger partial charge in [-0.15, -0.1) is 0 Å². The highest BCUT2D eigenvalue weighted by Crippen LogP contribution is 2.47. The minimum Gasteiger partial charge on any atom is -0.293 e. The standard InChI is InChI=1S/C8H9F7O/c1-2-3-4-5(16)6(9,10)7(11,12)8(13,14)15/h2-4H2,1H3. The molecule has 0 fully saturated rings. The van der Waals surface area contributed by atoms with E-state index in [4.69, 9.17) is 0 Å². The summed E-state index contributed by atoms with van der Waals surface area (Å²) >= 11 is 0. The van der Waals surface area contributed by atoms with Gasteiger partial charge in [-0.3, -0.25) is 4.79 Å². The van der Waals surface area contributed by atoms with Crippen LogP contribution in [0.25, 0.3) is 0 Å². The van der Waals surface area contributed by atoms with Crippen LogP contribution in [0.15, 0.2) is 0 Å². The van der Waals surface area contributed by atoms with Crippen molar-refractivity contribution in [2.75, 3.05) is 0 Å². The minimum absolute atomic E-state index is 0.164. The summed E-state index contributed by atoms with van der Waals surface area (Å²) in [5, 5.41) is 0. The Morgan fingerprint density at radius 3 is 1.75 bits per heavy atom. The van der Waals surface area contributed by atoms with Gasteiger partial charge in [0.15, 0.2) is 0 Å². The lowest BCUT2D eigenvalue weighted by molar-refractivity contribution is -0.343. The molecule has 0 N–H and O–H groups in total. The lowest BCUT2D eigenvalue weighted by Gasteiger charge is -2.26. The molecule has 0 atom stereocenters. The van der Waals surface area contributed by atoms with Crippen molar-refractivity contribution in [3.63, 3.8) is 0 Å². The zero-order valence-corrected chi connectivity index (χ0v) is 8.18. The minimum atomic E-state index is -6.45. The van der Waals surface area contributed by atoms with Gasteiger partial charge in [0.2, 0.25) is 5.78 Å². The highest BCUT2D eigenvalue weighted by atomic mass is 19.4. The normalized spacial score (nSPS) is 14.0. The van der Waals surface area contributed by atoms with E-state index in [1.165, 1.54) is 6.92 Å². The number of alkyl halides is 7. The lowest BCUT2D eigenvalue weighted by atomic mass is 10.0. The second kappa shape index (κ2) is 4.58. The molecular formula is C8H9F7O. The van der Waals surface area contributed by atoms with Gasteiger partial charge in [-0.05, 0) is 6.42 Å². The highest BCUT2D eigenvalue weighted by molar-refractivity contribution is 5.86. The molecular weight excluding hydrogens is 245 g/mol. The van der Waals surface area contributed by atoms with Crippen LogP contribution in [-0.4, -0.2) is 23.8 Å². The van der Waals surface area contributed by atoms with Crippen LogP contribution in [0.1, 0.15) is 26.2 Å². The van der Waals surface area contributed by atoms with Crippen LogP contribution in [0.2, 0.25) is 0 Å². The Labute approximate surface area is 86.6 Å². The first-order valence-corrected chi connectivity index (χ1v) is 4.34. The molecule has 0 aliphatic carbocycles. The third-order valence-corrected chi connectivity index (χ3v) is 1.86. The fraction of sp³-hybridized carbons (Fsp3) is 0.875. The molecule has 0 aliphatic heterocycles. The van der Waals surface area contributed by atoms with Crippen LogP contribution < -0.4 is 0 Å². The first-order chi connectivity index (χ1) is 6.98. The van der Waals surface area contributed by atoms with Crippen molar-refractivity contribution in [1.29, 1.82) is 0 Å². The van der Waals surface area contributed by atoms with Gasteiger partial charge in [-0.25, -0.2) is 0 Å². The van der Waals surface area contributed by atoms with Crippen LogP contribution in [0.5, 0.6) is 0 Å². The van der Waals surface area contributed by atoms with Crippen LogP contribution in [0.3, 0.4) is 0 Å². The van der Waals surface area contributed by atoms with Crippen LogP contribution >= 0.6 is 0 Å². The van der Waals surface area contributed by atoms with E-state index in [-0.39, 0.29) is 12.8 Å². The zero-order valence-electron chi connectivity index (χ0n) is 8.18. The number of ketones is 1. The number of Topliss-reactive ketones (excluding diaryl/α,β-unsaturated/α-hetero) is 1. The summed E-state index contributed by atoms with van der Waals surface area (Å²) in [6.45, 7) is 1.48. The second-order valence-electron chi connectivity index (χ2n) is 3.17. The third-order valence-electron chi connectivity index (χ3n) is 1.86. The fourth-order valence-electron chi connectivity index (χ4n) is 0.847. The maximum absolute atomic E-state index is 12.6. The molecule has 0 amide bonds. The third kappa shape index (κ3) is 2.65. The van der Waals surface area contributed by atoms with Crippen molar-refractivity contribution in [3.05, 3.63) is 0 Å². The Balaban J connectivity index is 4.97. The van der Waals surface area contributed by atoms with Gasteiger partial charge < -0.3 is 0 Å². The molecule has 1 nitrogen and oxygen atoms in total. The van der Waals surface area contributed by atoms with Gasteiger partial charge in [0.05, 0.1) is 0 Å². The molecule has 96 valence electrons. The molecule has 0 aromatic rings. The molecule has 0 aliphatic rings.